The zero-order valence-electron chi connectivity index (χ0n) is 13.7. The number of nitrogens with one attached hydrogen (secondary N) is 2. The SMILES string of the molecule is CN=C(NCCSc1ccccc1)NCc1cccc(C(N)=O)c1. The number of guanidine groups is 1. The maximum atomic E-state index is 11.2. The molecule has 0 aliphatic carbocycles. The molecule has 2 aromatic carbocycles. The molecule has 0 aliphatic rings. The van der Waals surface area contributed by atoms with Crippen LogP contribution in [0.25, 0.3) is 0 Å². The van der Waals surface area contributed by atoms with E-state index in [4.69, 9.17) is 5.73 Å². The number of nitrogens with zero attached hydrogens (tertiary/aromatic N) is 1. The smallest absolute Gasteiger partial charge is 0.248 e. The minimum absolute atomic E-state index is 0.419. The third kappa shape index (κ3) is 5.96. The minimum Gasteiger partial charge on any atom is -0.366 e. The first-order valence-electron chi connectivity index (χ1n) is 7.70. The van der Waals surface area contributed by atoms with Gasteiger partial charge in [0.05, 0.1) is 0 Å². The molecule has 0 bridgehead atoms. The highest BCUT2D eigenvalue weighted by atomic mass is 32.2. The lowest BCUT2D eigenvalue weighted by Crippen LogP contribution is -2.38. The number of rotatable bonds is 7. The highest BCUT2D eigenvalue weighted by molar-refractivity contribution is 7.99. The number of aliphatic imine (C=N–C) groups is 1. The molecule has 0 spiro atoms. The van der Waals surface area contributed by atoms with Crippen LogP contribution in [0.2, 0.25) is 0 Å². The van der Waals surface area contributed by atoms with Crippen molar-refractivity contribution in [3.63, 3.8) is 0 Å². The molecule has 0 saturated carbocycles. The van der Waals surface area contributed by atoms with Crippen LogP contribution in [-0.4, -0.2) is 31.2 Å². The largest absolute Gasteiger partial charge is 0.366 e. The van der Waals surface area contributed by atoms with Crippen molar-refractivity contribution in [3.05, 3.63) is 65.7 Å². The molecule has 4 N–H and O–H groups in total. The molecule has 0 unspecified atom stereocenters. The van der Waals surface area contributed by atoms with E-state index in [9.17, 15) is 4.79 Å². The topological polar surface area (TPSA) is 79.5 Å². The molecule has 2 aromatic rings. The Morgan fingerprint density at radius 1 is 1.12 bits per heavy atom. The first-order chi connectivity index (χ1) is 11.7. The van der Waals surface area contributed by atoms with E-state index < -0.39 is 5.91 Å². The quantitative estimate of drug-likeness (QED) is 0.312. The number of amides is 1. The summed E-state index contributed by atoms with van der Waals surface area (Å²) in [5.41, 5.74) is 6.79. The van der Waals surface area contributed by atoms with Gasteiger partial charge in [-0.1, -0.05) is 30.3 Å². The molecule has 0 heterocycles. The summed E-state index contributed by atoms with van der Waals surface area (Å²) in [5.74, 6) is 1.26. The summed E-state index contributed by atoms with van der Waals surface area (Å²) in [5, 5.41) is 6.50. The number of primary amides is 1. The maximum Gasteiger partial charge on any atom is 0.248 e. The molecule has 6 heteroatoms. The Labute approximate surface area is 146 Å². The van der Waals surface area contributed by atoms with Crippen molar-refractivity contribution in [1.82, 2.24) is 10.6 Å². The lowest BCUT2D eigenvalue weighted by atomic mass is 10.1. The normalized spacial score (nSPS) is 11.1. The Hall–Kier alpha value is -2.47. The van der Waals surface area contributed by atoms with E-state index >= 15 is 0 Å². The molecule has 0 radical (unpaired) electrons. The van der Waals surface area contributed by atoms with Gasteiger partial charge in [0.2, 0.25) is 5.91 Å². The van der Waals surface area contributed by atoms with E-state index in [0.29, 0.717) is 12.1 Å². The average Bonchev–Trinajstić information content (AvgIpc) is 2.62. The van der Waals surface area contributed by atoms with E-state index in [-0.39, 0.29) is 0 Å². The Morgan fingerprint density at radius 2 is 1.92 bits per heavy atom. The van der Waals surface area contributed by atoms with Crippen molar-refractivity contribution >= 4 is 23.6 Å². The summed E-state index contributed by atoms with van der Waals surface area (Å²) in [6.45, 7) is 1.38. The second kappa shape index (κ2) is 9.62. The first kappa shape index (κ1) is 17.9. The van der Waals surface area contributed by atoms with Crippen LogP contribution in [0.4, 0.5) is 0 Å². The molecule has 126 valence electrons. The van der Waals surface area contributed by atoms with Crippen molar-refractivity contribution in [2.45, 2.75) is 11.4 Å². The Balaban J connectivity index is 1.74. The van der Waals surface area contributed by atoms with Gasteiger partial charge in [0.25, 0.3) is 0 Å². The van der Waals surface area contributed by atoms with E-state index in [0.717, 1.165) is 23.8 Å². The Morgan fingerprint density at radius 3 is 2.62 bits per heavy atom. The maximum absolute atomic E-state index is 11.2. The van der Waals surface area contributed by atoms with Gasteiger partial charge in [-0.25, -0.2) is 0 Å². The van der Waals surface area contributed by atoms with E-state index in [1.807, 2.05) is 30.3 Å². The highest BCUT2D eigenvalue weighted by Gasteiger charge is 2.02. The average molecular weight is 342 g/mol. The summed E-state index contributed by atoms with van der Waals surface area (Å²) in [6, 6.07) is 17.6. The van der Waals surface area contributed by atoms with Gasteiger partial charge in [0.15, 0.2) is 5.96 Å². The van der Waals surface area contributed by atoms with E-state index in [2.05, 4.69) is 27.8 Å². The van der Waals surface area contributed by atoms with Gasteiger partial charge >= 0.3 is 0 Å². The molecule has 24 heavy (non-hydrogen) atoms. The summed E-state index contributed by atoms with van der Waals surface area (Å²) >= 11 is 1.80. The molecule has 0 aliphatic heterocycles. The monoisotopic (exact) mass is 342 g/mol. The molecule has 0 fully saturated rings. The standard InChI is InChI=1S/C18H22N4OS/c1-20-18(21-10-11-24-16-8-3-2-4-9-16)22-13-14-6-5-7-15(12-14)17(19)23/h2-9,12H,10-11,13H2,1H3,(H2,19,23)(H2,20,21,22). The molecule has 0 saturated heterocycles. The van der Waals surface area contributed by atoms with Crippen molar-refractivity contribution in [2.24, 2.45) is 10.7 Å². The number of hydrogen-bond acceptors (Lipinski definition) is 3. The lowest BCUT2D eigenvalue weighted by Gasteiger charge is -2.12. The van der Waals surface area contributed by atoms with Crippen molar-refractivity contribution in [2.75, 3.05) is 19.3 Å². The van der Waals surface area contributed by atoms with Gasteiger partial charge in [-0.15, -0.1) is 11.8 Å². The predicted octanol–water partition coefficient (Wildman–Crippen LogP) is 2.24. The van der Waals surface area contributed by atoms with Crippen LogP contribution in [0, 0.1) is 0 Å². The van der Waals surface area contributed by atoms with E-state index in [1.165, 1.54) is 4.90 Å². The number of carbonyl (C=O) groups is 1. The van der Waals surface area contributed by atoms with Crippen LogP contribution in [0.5, 0.6) is 0 Å². The number of benzene rings is 2. The fourth-order valence-corrected chi connectivity index (χ4v) is 2.89. The summed E-state index contributed by atoms with van der Waals surface area (Å²) in [6.07, 6.45) is 0. The highest BCUT2D eigenvalue weighted by Crippen LogP contribution is 2.15. The fraction of sp³-hybridized carbons (Fsp3) is 0.222. The second-order valence-electron chi connectivity index (χ2n) is 5.08. The van der Waals surface area contributed by atoms with Crippen LogP contribution in [-0.2, 0) is 6.54 Å². The Kier molecular flexibility index (Phi) is 7.17. The molecular weight excluding hydrogens is 320 g/mol. The lowest BCUT2D eigenvalue weighted by molar-refractivity contribution is 0.1000. The van der Waals surface area contributed by atoms with E-state index in [1.54, 1.807) is 30.9 Å². The van der Waals surface area contributed by atoms with Gasteiger partial charge < -0.3 is 16.4 Å². The van der Waals surface area contributed by atoms with Gasteiger partial charge in [0, 0.05) is 36.3 Å². The van der Waals surface area contributed by atoms with Crippen molar-refractivity contribution in [3.8, 4) is 0 Å². The summed E-state index contributed by atoms with van der Waals surface area (Å²) in [7, 11) is 1.74. The van der Waals surface area contributed by atoms with Gasteiger partial charge in [-0.3, -0.25) is 9.79 Å². The Bertz CT molecular complexity index is 688. The molecule has 1 amide bonds. The number of hydrogen-bond donors (Lipinski definition) is 3. The summed E-state index contributed by atoms with van der Waals surface area (Å²) in [4.78, 5) is 16.7. The molecule has 2 rings (SSSR count). The number of thioether (sulfide) groups is 1. The second-order valence-corrected chi connectivity index (χ2v) is 6.25. The molecule has 0 atom stereocenters. The van der Waals surface area contributed by atoms with Crippen LogP contribution < -0.4 is 16.4 Å². The van der Waals surface area contributed by atoms with Crippen LogP contribution >= 0.6 is 11.8 Å². The zero-order valence-corrected chi connectivity index (χ0v) is 14.5. The molecular formula is C18H22N4OS. The predicted molar refractivity (Wildman–Crippen MR) is 100 cm³/mol. The van der Waals surface area contributed by atoms with Crippen LogP contribution in [0.3, 0.4) is 0 Å². The molecule has 0 aromatic heterocycles. The summed E-state index contributed by atoms with van der Waals surface area (Å²) < 4.78 is 0. The van der Waals surface area contributed by atoms with Crippen molar-refractivity contribution < 1.29 is 4.79 Å². The van der Waals surface area contributed by atoms with Crippen LogP contribution in [0.15, 0.2) is 64.5 Å². The third-order valence-electron chi connectivity index (χ3n) is 3.30. The number of nitrogens with two attached hydrogens (primary N) is 1. The number of carbonyl (C=O) groups excluding carboxylic acids is 1. The first-order valence-corrected chi connectivity index (χ1v) is 8.68. The third-order valence-corrected chi connectivity index (χ3v) is 4.32. The van der Waals surface area contributed by atoms with Gasteiger partial charge in [0.1, 0.15) is 0 Å². The minimum atomic E-state index is -0.419. The zero-order chi connectivity index (χ0) is 17.2. The van der Waals surface area contributed by atoms with Gasteiger partial charge in [-0.2, -0.15) is 0 Å². The van der Waals surface area contributed by atoms with Crippen LogP contribution in [0.1, 0.15) is 15.9 Å². The fourth-order valence-electron chi connectivity index (χ4n) is 2.10. The van der Waals surface area contributed by atoms with Crippen molar-refractivity contribution in [1.29, 1.82) is 0 Å². The molecule has 5 nitrogen and oxygen atoms in total. The van der Waals surface area contributed by atoms with Gasteiger partial charge in [-0.05, 0) is 29.8 Å².